The lowest BCUT2D eigenvalue weighted by Crippen LogP contribution is -2.64. The van der Waals surface area contributed by atoms with E-state index in [0.717, 1.165) is 31.7 Å². The average Bonchev–Trinajstić information content (AvgIpc) is 3.51. The number of rotatable bonds is 3. The minimum absolute atomic E-state index is 0.0102. The Bertz CT molecular complexity index is 1090. The number of nitrogens with zero attached hydrogens (tertiary/aromatic N) is 3. The third-order valence-corrected chi connectivity index (χ3v) is 7.02. The molecule has 8 heteroatoms. The van der Waals surface area contributed by atoms with Crippen LogP contribution in [0.2, 0.25) is 0 Å². The van der Waals surface area contributed by atoms with Crippen molar-refractivity contribution in [3.05, 3.63) is 39.7 Å². The van der Waals surface area contributed by atoms with Crippen LogP contribution in [-0.2, 0) is 0 Å². The normalized spacial score (nSPS) is 27.0. The molecule has 0 radical (unpaired) electrons. The summed E-state index contributed by atoms with van der Waals surface area (Å²) >= 11 is 0. The molecule has 2 bridgehead atoms. The second kappa shape index (κ2) is 6.26. The molecule has 0 amide bonds. The number of carboxylic acid groups (broad SMARTS) is 1. The number of pyridine rings is 1. The second-order valence-corrected chi connectivity index (χ2v) is 8.61. The molecule has 3 saturated heterocycles. The van der Waals surface area contributed by atoms with Crippen LogP contribution >= 0.6 is 0 Å². The Hall–Kier alpha value is -2.48. The number of fused-ring (bicyclic) bond motifs is 4. The summed E-state index contributed by atoms with van der Waals surface area (Å²) in [4.78, 5) is 28.1. The Morgan fingerprint density at radius 2 is 1.93 bits per heavy atom. The van der Waals surface area contributed by atoms with Crippen LogP contribution in [0.4, 0.5) is 14.5 Å². The highest BCUT2D eigenvalue weighted by molar-refractivity contribution is 5.94. The first kappa shape index (κ1) is 18.5. The van der Waals surface area contributed by atoms with Gasteiger partial charge in [0.1, 0.15) is 17.1 Å². The SMILES string of the molecule is CC1C2CCC(N(c3c(F)cc4c(=O)c(C(=O)O)cn(C5CC5)c4c3F)C2)N1C. The number of aromatic nitrogens is 1. The first-order valence-corrected chi connectivity index (χ1v) is 10.1. The number of hydrogen-bond donors (Lipinski definition) is 1. The van der Waals surface area contributed by atoms with Gasteiger partial charge in [-0.15, -0.1) is 0 Å². The third kappa shape index (κ3) is 2.61. The van der Waals surface area contributed by atoms with E-state index in [9.17, 15) is 14.7 Å². The summed E-state index contributed by atoms with van der Waals surface area (Å²) in [6, 6.07) is 1.30. The molecule has 3 atom stereocenters. The molecular weight excluding hydrogens is 380 g/mol. The molecule has 6 rings (SSSR count). The number of carbonyl (C=O) groups is 1. The first-order chi connectivity index (χ1) is 13.8. The Labute approximate surface area is 166 Å². The van der Waals surface area contributed by atoms with Gasteiger partial charge < -0.3 is 14.6 Å². The quantitative estimate of drug-likeness (QED) is 0.853. The van der Waals surface area contributed by atoms with Crippen molar-refractivity contribution in [1.29, 1.82) is 0 Å². The van der Waals surface area contributed by atoms with E-state index in [2.05, 4.69) is 11.8 Å². The predicted octanol–water partition coefficient (Wildman–Crippen LogP) is 3.19. The van der Waals surface area contributed by atoms with E-state index in [1.54, 1.807) is 4.90 Å². The molecule has 1 saturated carbocycles. The van der Waals surface area contributed by atoms with Gasteiger partial charge in [-0.25, -0.2) is 13.6 Å². The fourth-order valence-corrected chi connectivity index (χ4v) is 5.13. The molecule has 1 aliphatic carbocycles. The van der Waals surface area contributed by atoms with Crippen LogP contribution < -0.4 is 10.3 Å². The van der Waals surface area contributed by atoms with Crippen molar-refractivity contribution in [1.82, 2.24) is 9.47 Å². The molecule has 4 heterocycles. The zero-order valence-corrected chi connectivity index (χ0v) is 16.4. The molecule has 154 valence electrons. The smallest absolute Gasteiger partial charge is 0.341 e. The van der Waals surface area contributed by atoms with Gasteiger partial charge in [0.2, 0.25) is 5.43 Å². The largest absolute Gasteiger partial charge is 0.477 e. The topological polar surface area (TPSA) is 65.8 Å². The monoisotopic (exact) mass is 403 g/mol. The molecule has 29 heavy (non-hydrogen) atoms. The van der Waals surface area contributed by atoms with Gasteiger partial charge in [0.25, 0.3) is 0 Å². The van der Waals surface area contributed by atoms with Crippen LogP contribution in [0.15, 0.2) is 17.1 Å². The molecule has 3 aliphatic heterocycles. The number of halogens is 2. The Morgan fingerprint density at radius 3 is 2.55 bits per heavy atom. The molecule has 0 spiro atoms. The third-order valence-electron chi connectivity index (χ3n) is 7.02. The van der Waals surface area contributed by atoms with Crippen molar-refractivity contribution in [2.75, 3.05) is 18.5 Å². The summed E-state index contributed by atoms with van der Waals surface area (Å²) in [6.07, 6.45) is 4.52. The molecule has 4 fully saturated rings. The molecular formula is C21H23F2N3O3. The molecule has 6 nitrogen and oxygen atoms in total. The maximum Gasteiger partial charge on any atom is 0.341 e. The number of piperidine rings is 2. The summed E-state index contributed by atoms with van der Waals surface area (Å²) in [7, 11) is 1.98. The van der Waals surface area contributed by atoms with Crippen LogP contribution in [0, 0.1) is 17.6 Å². The number of benzene rings is 1. The van der Waals surface area contributed by atoms with E-state index < -0.39 is 28.6 Å². The lowest BCUT2D eigenvalue weighted by atomic mass is 9.83. The zero-order chi connectivity index (χ0) is 20.6. The lowest BCUT2D eigenvalue weighted by Gasteiger charge is -2.55. The number of aromatic carboxylic acids is 1. The van der Waals surface area contributed by atoms with E-state index in [-0.39, 0.29) is 28.8 Å². The summed E-state index contributed by atoms with van der Waals surface area (Å²) in [5.74, 6) is -2.65. The summed E-state index contributed by atoms with van der Waals surface area (Å²) in [5.41, 5.74) is -1.40. The Balaban J connectivity index is 1.75. The first-order valence-electron chi connectivity index (χ1n) is 10.1. The highest BCUT2D eigenvalue weighted by Crippen LogP contribution is 2.43. The van der Waals surface area contributed by atoms with E-state index in [4.69, 9.17) is 0 Å². The van der Waals surface area contributed by atoms with Crippen molar-refractivity contribution in [2.24, 2.45) is 5.92 Å². The maximum absolute atomic E-state index is 15.8. The van der Waals surface area contributed by atoms with Crippen molar-refractivity contribution in [3.8, 4) is 0 Å². The van der Waals surface area contributed by atoms with Crippen LogP contribution in [0.5, 0.6) is 0 Å². The number of carboxylic acids is 1. The van der Waals surface area contributed by atoms with Gasteiger partial charge in [0.05, 0.1) is 17.1 Å². The van der Waals surface area contributed by atoms with Crippen LogP contribution in [0.1, 0.15) is 49.0 Å². The molecule has 1 aromatic carbocycles. The van der Waals surface area contributed by atoms with Crippen molar-refractivity contribution in [2.45, 2.75) is 50.9 Å². The van der Waals surface area contributed by atoms with Crippen molar-refractivity contribution in [3.63, 3.8) is 0 Å². The molecule has 1 aromatic heterocycles. The predicted molar refractivity (Wildman–Crippen MR) is 104 cm³/mol. The number of anilines is 1. The van der Waals surface area contributed by atoms with Crippen LogP contribution in [0.25, 0.3) is 10.9 Å². The summed E-state index contributed by atoms with van der Waals surface area (Å²) in [6.45, 7) is 2.70. The van der Waals surface area contributed by atoms with Crippen molar-refractivity contribution >= 4 is 22.6 Å². The van der Waals surface area contributed by atoms with Gasteiger partial charge in [-0.05, 0) is 51.6 Å². The Kier molecular flexibility index (Phi) is 4.00. The van der Waals surface area contributed by atoms with Crippen LogP contribution in [0.3, 0.4) is 0 Å². The molecule has 4 aliphatic rings. The number of hydrogen-bond acceptors (Lipinski definition) is 4. The van der Waals surface area contributed by atoms with Gasteiger partial charge >= 0.3 is 5.97 Å². The summed E-state index contributed by atoms with van der Waals surface area (Å²) in [5, 5.41) is 9.15. The average molecular weight is 403 g/mol. The zero-order valence-electron chi connectivity index (χ0n) is 16.4. The fraction of sp³-hybridized carbons (Fsp3) is 0.524. The maximum atomic E-state index is 15.8. The van der Waals surface area contributed by atoms with Gasteiger partial charge in [0.15, 0.2) is 5.82 Å². The highest BCUT2D eigenvalue weighted by atomic mass is 19.1. The molecule has 2 aromatic rings. The fourth-order valence-electron chi connectivity index (χ4n) is 5.13. The standard InChI is InChI=1S/C21H23F2N3O3/c1-10-11-3-6-16(24(10)2)26(8-11)19-15(22)7-13-18(17(19)23)25(12-4-5-12)9-14(20(13)27)21(28)29/h7,9-12,16H,3-6,8H2,1-2H3,(H,28,29). The lowest BCUT2D eigenvalue weighted by molar-refractivity contribution is 0.0332. The second-order valence-electron chi connectivity index (χ2n) is 8.61. The van der Waals surface area contributed by atoms with Crippen LogP contribution in [-0.4, -0.2) is 46.3 Å². The van der Waals surface area contributed by atoms with Crippen molar-refractivity contribution < 1.29 is 18.7 Å². The summed E-state index contributed by atoms with van der Waals surface area (Å²) < 4.78 is 32.5. The minimum atomic E-state index is -1.39. The van der Waals surface area contributed by atoms with E-state index in [1.165, 1.54) is 10.8 Å². The molecule has 1 N–H and O–H groups in total. The van der Waals surface area contributed by atoms with Gasteiger partial charge in [0, 0.05) is 24.8 Å². The molecule has 3 unspecified atom stereocenters. The van der Waals surface area contributed by atoms with E-state index in [0.29, 0.717) is 18.5 Å². The van der Waals surface area contributed by atoms with Gasteiger partial charge in [-0.3, -0.25) is 9.69 Å². The van der Waals surface area contributed by atoms with E-state index in [1.807, 2.05) is 7.05 Å². The van der Waals surface area contributed by atoms with Gasteiger partial charge in [-0.1, -0.05) is 0 Å². The van der Waals surface area contributed by atoms with E-state index >= 15 is 8.78 Å². The van der Waals surface area contributed by atoms with Gasteiger partial charge in [-0.2, -0.15) is 0 Å². The highest BCUT2D eigenvalue weighted by Gasteiger charge is 2.44. The Morgan fingerprint density at radius 1 is 1.21 bits per heavy atom. The minimum Gasteiger partial charge on any atom is -0.477 e.